The summed E-state index contributed by atoms with van der Waals surface area (Å²) >= 11 is 2.27. The van der Waals surface area contributed by atoms with Crippen LogP contribution < -0.4 is 0 Å². The van der Waals surface area contributed by atoms with E-state index < -0.39 is 0 Å². The number of hydrogen-bond acceptors (Lipinski definition) is 2. The molecule has 4 heteroatoms. The van der Waals surface area contributed by atoms with Crippen molar-refractivity contribution >= 4 is 44.9 Å². The highest BCUT2D eigenvalue weighted by atomic mass is 127. The molecule has 3 aromatic heterocycles. The van der Waals surface area contributed by atoms with E-state index >= 15 is 0 Å². The van der Waals surface area contributed by atoms with Crippen LogP contribution in [-0.2, 0) is 0 Å². The lowest BCUT2D eigenvalue weighted by atomic mass is 10.3. The van der Waals surface area contributed by atoms with E-state index in [0.29, 0.717) is 0 Å². The molecule has 0 saturated heterocycles. The highest BCUT2D eigenvalue weighted by molar-refractivity contribution is 14.1. The molecule has 3 rings (SSSR count). The lowest BCUT2D eigenvalue weighted by Crippen LogP contribution is -1.77. The van der Waals surface area contributed by atoms with Gasteiger partial charge in [0.15, 0.2) is 0 Å². The fourth-order valence-electron chi connectivity index (χ4n) is 1.61. The summed E-state index contributed by atoms with van der Waals surface area (Å²) < 4.78 is 2.09. The number of rotatable bonds is 0. The van der Waals surface area contributed by atoms with Crippen LogP contribution in [-0.4, -0.2) is 12.7 Å². The first-order valence-electron chi connectivity index (χ1n) is 4.24. The second kappa shape index (κ2) is 2.91. The Balaban J connectivity index is 2.69. The van der Waals surface area contributed by atoms with Crippen molar-refractivity contribution in [2.75, 3.05) is 0 Å². The van der Waals surface area contributed by atoms with E-state index in [1.54, 1.807) is 12.4 Å². The molecule has 3 nitrogen and oxygen atoms in total. The highest BCUT2D eigenvalue weighted by Gasteiger charge is 2.08. The van der Waals surface area contributed by atoms with Crippen molar-refractivity contribution in [3.05, 3.63) is 36.7 Å². The van der Waals surface area contributed by atoms with Gasteiger partial charge >= 0.3 is 0 Å². The minimum Gasteiger partial charge on any atom is -0.278 e. The Morgan fingerprint density at radius 1 is 0.929 bits per heavy atom. The van der Waals surface area contributed by atoms with Crippen LogP contribution in [0.1, 0.15) is 0 Å². The summed E-state index contributed by atoms with van der Waals surface area (Å²) in [6.07, 6.45) is 3.60. The Bertz CT molecular complexity index is 562. The molecule has 0 bridgehead atoms. The smallest absolute Gasteiger partial charge is 0.115 e. The first-order valence-corrected chi connectivity index (χ1v) is 5.21. The van der Waals surface area contributed by atoms with Gasteiger partial charge in [-0.15, -0.1) is 0 Å². The Kier molecular flexibility index (Phi) is 1.70. The normalized spacial score (nSPS) is 11.2. The Morgan fingerprint density at radius 3 is 1.93 bits per heavy atom. The van der Waals surface area contributed by atoms with Gasteiger partial charge in [-0.25, -0.2) is 0 Å². The maximum Gasteiger partial charge on any atom is 0.115 e. The summed E-state index contributed by atoms with van der Waals surface area (Å²) in [5, 5.41) is 0. The van der Waals surface area contributed by atoms with Crippen LogP contribution in [0.2, 0.25) is 0 Å². The molecule has 14 heavy (non-hydrogen) atoms. The molecular weight excluding hydrogens is 289 g/mol. The van der Waals surface area contributed by atoms with Gasteiger partial charge in [0.05, 0.1) is 33.9 Å². The number of nitrogens with zero attached hydrogens (tertiary/aromatic N) is 3. The van der Waals surface area contributed by atoms with Crippen molar-refractivity contribution < 1.29 is 0 Å². The van der Waals surface area contributed by atoms with Gasteiger partial charge in [-0.2, -0.15) is 0 Å². The number of pyridine rings is 2. The van der Waals surface area contributed by atoms with E-state index in [4.69, 9.17) is 0 Å². The van der Waals surface area contributed by atoms with Crippen molar-refractivity contribution in [3.8, 4) is 0 Å². The van der Waals surface area contributed by atoms with Crippen LogP contribution in [0.25, 0.3) is 22.1 Å². The van der Waals surface area contributed by atoms with E-state index in [0.717, 1.165) is 22.1 Å². The summed E-state index contributed by atoms with van der Waals surface area (Å²) in [5.74, 6) is 0. The molecule has 3 heterocycles. The van der Waals surface area contributed by atoms with E-state index in [1.165, 1.54) is 0 Å². The fraction of sp³-hybridized carbons (Fsp3) is 0. The number of fused-ring (bicyclic) bond motifs is 3. The van der Waals surface area contributed by atoms with Crippen LogP contribution in [0.3, 0.4) is 0 Å². The molecule has 0 radical (unpaired) electrons. The molecule has 0 spiro atoms. The highest BCUT2D eigenvalue weighted by Crippen LogP contribution is 2.26. The minimum absolute atomic E-state index is 0.970. The largest absolute Gasteiger partial charge is 0.278 e. The molecular formula is C10H6IN3. The molecule has 3 aromatic rings. The first-order chi connectivity index (χ1) is 6.88. The molecule has 0 saturated carbocycles. The zero-order valence-corrected chi connectivity index (χ0v) is 9.34. The lowest BCUT2D eigenvalue weighted by Gasteiger charge is -1.91. The van der Waals surface area contributed by atoms with Gasteiger partial charge in [0, 0.05) is 12.4 Å². The monoisotopic (exact) mass is 295 g/mol. The Hall–Kier alpha value is -1.17. The molecule has 0 N–H and O–H groups in total. The van der Waals surface area contributed by atoms with Gasteiger partial charge in [-0.05, 0) is 24.3 Å². The molecule has 0 aliphatic rings. The predicted octanol–water partition coefficient (Wildman–Crippen LogP) is 2.78. The molecule has 0 fully saturated rings. The molecule has 0 atom stereocenters. The molecule has 0 aromatic carbocycles. The van der Waals surface area contributed by atoms with Gasteiger partial charge in [-0.1, -0.05) is 0 Å². The average molecular weight is 295 g/mol. The van der Waals surface area contributed by atoms with Crippen LogP contribution in [0.15, 0.2) is 36.7 Å². The second-order valence-corrected chi connectivity index (χ2v) is 3.99. The standard InChI is InChI=1S/C10H6IN3/c11-14-7-3-1-5-12-9(7)10-8(14)4-2-6-13-10/h1-6H. The van der Waals surface area contributed by atoms with Crippen molar-refractivity contribution in [1.29, 1.82) is 0 Å². The van der Waals surface area contributed by atoms with Crippen molar-refractivity contribution in [1.82, 2.24) is 12.7 Å². The van der Waals surface area contributed by atoms with Crippen molar-refractivity contribution in [2.24, 2.45) is 0 Å². The zero-order chi connectivity index (χ0) is 9.54. The minimum atomic E-state index is 0.970. The van der Waals surface area contributed by atoms with Gasteiger partial charge in [-0.3, -0.25) is 12.7 Å². The Labute approximate surface area is 94.3 Å². The van der Waals surface area contributed by atoms with E-state index in [2.05, 4.69) is 47.7 Å². The van der Waals surface area contributed by atoms with E-state index in [-0.39, 0.29) is 0 Å². The summed E-state index contributed by atoms with van der Waals surface area (Å²) in [4.78, 5) is 8.68. The third-order valence-electron chi connectivity index (χ3n) is 2.22. The van der Waals surface area contributed by atoms with Gasteiger partial charge < -0.3 is 0 Å². The summed E-state index contributed by atoms with van der Waals surface area (Å²) in [6, 6.07) is 7.99. The third kappa shape index (κ3) is 0.971. The maximum atomic E-state index is 4.34. The lowest BCUT2D eigenvalue weighted by molar-refractivity contribution is 1.39. The second-order valence-electron chi connectivity index (χ2n) is 3.02. The zero-order valence-electron chi connectivity index (χ0n) is 7.18. The van der Waals surface area contributed by atoms with Gasteiger partial charge in [0.1, 0.15) is 11.0 Å². The quantitative estimate of drug-likeness (QED) is 0.597. The van der Waals surface area contributed by atoms with Crippen LogP contribution in [0.5, 0.6) is 0 Å². The van der Waals surface area contributed by atoms with Gasteiger partial charge in [0.2, 0.25) is 0 Å². The van der Waals surface area contributed by atoms with Crippen LogP contribution in [0, 0.1) is 0 Å². The predicted molar refractivity (Wildman–Crippen MR) is 64.5 cm³/mol. The molecule has 0 aliphatic heterocycles. The molecule has 0 unspecified atom stereocenters. The van der Waals surface area contributed by atoms with Crippen LogP contribution in [0.4, 0.5) is 0 Å². The molecule has 0 amide bonds. The van der Waals surface area contributed by atoms with Crippen LogP contribution >= 0.6 is 22.9 Å². The van der Waals surface area contributed by atoms with E-state index in [9.17, 15) is 0 Å². The average Bonchev–Trinajstić information content (AvgIpc) is 2.55. The summed E-state index contributed by atoms with van der Waals surface area (Å²) in [5.41, 5.74) is 4.17. The molecule has 0 aliphatic carbocycles. The maximum absolute atomic E-state index is 4.34. The van der Waals surface area contributed by atoms with E-state index in [1.807, 2.05) is 12.1 Å². The SMILES string of the molecule is In1c2cccnc2c2ncccc21. The summed E-state index contributed by atoms with van der Waals surface area (Å²) in [6.45, 7) is 0. The van der Waals surface area contributed by atoms with Crippen molar-refractivity contribution in [3.63, 3.8) is 0 Å². The third-order valence-corrected chi connectivity index (χ3v) is 3.26. The van der Waals surface area contributed by atoms with Crippen molar-refractivity contribution in [2.45, 2.75) is 0 Å². The fourth-order valence-corrected chi connectivity index (χ4v) is 2.38. The van der Waals surface area contributed by atoms with Gasteiger partial charge in [0.25, 0.3) is 0 Å². The summed E-state index contributed by atoms with van der Waals surface area (Å²) in [7, 11) is 0. The Morgan fingerprint density at radius 2 is 1.43 bits per heavy atom. The topological polar surface area (TPSA) is 30.7 Å². The number of hydrogen-bond donors (Lipinski definition) is 0. The number of halogens is 1. The first kappa shape index (κ1) is 8.16. The molecule has 68 valence electrons. The number of aromatic nitrogens is 3.